The van der Waals surface area contributed by atoms with Crippen LogP contribution in [0.25, 0.3) is 11.3 Å². The summed E-state index contributed by atoms with van der Waals surface area (Å²) in [6.45, 7) is 4.31. The number of likely N-dealkylation sites (tertiary alicyclic amines) is 2. The zero-order valence-electron chi connectivity index (χ0n) is 18.4. The van der Waals surface area contributed by atoms with Crippen molar-refractivity contribution in [1.82, 2.24) is 15.0 Å². The molecule has 1 aromatic heterocycles. The first-order valence-corrected chi connectivity index (χ1v) is 11.3. The second-order valence-electron chi connectivity index (χ2n) is 8.86. The highest BCUT2D eigenvalue weighted by atomic mass is 16.5. The number of primary amides is 1. The van der Waals surface area contributed by atoms with Gasteiger partial charge in [0.25, 0.3) is 11.8 Å². The molecule has 0 aliphatic carbocycles. The molecule has 2 N–H and O–H groups in total. The van der Waals surface area contributed by atoms with Crippen molar-refractivity contribution in [2.24, 2.45) is 17.6 Å². The lowest BCUT2D eigenvalue weighted by Gasteiger charge is -2.21. The Labute approximate surface area is 193 Å². The van der Waals surface area contributed by atoms with Crippen LogP contribution in [0.4, 0.5) is 0 Å². The molecule has 3 aromatic rings. The van der Waals surface area contributed by atoms with Crippen molar-refractivity contribution in [3.63, 3.8) is 0 Å². The highest BCUT2D eigenvalue weighted by molar-refractivity contribution is 6.08. The van der Waals surface area contributed by atoms with E-state index in [2.05, 4.69) is 40.7 Å². The number of nitrogens with zero attached hydrogens (tertiary/aromatic N) is 3. The van der Waals surface area contributed by atoms with Gasteiger partial charge in [-0.3, -0.25) is 9.59 Å². The molecule has 7 nitrogen and oxygen atoms in total. The molecule has 2 aliphatic heterocycles. The molecule has 0 saturated carbocycles. The predicted molar refractivity (Wildman–Crippen MR) is 124 cm³/mol. The number of amides is 2. The van der Waals surface area contributed by atoms with E-state index in [1.165, 1.54) is 5.56 Å². The zero-order valence-corrected chi connectivity index (χ0v) is 18.4. The summed E-state index contributed by atoms with van der Waals surface area (Å²) in [5.74, 6) is -0.324. The quantitative estimate of drug-likeness (QED) is 0.606. The van der Waals surface area contributed by atoms with Gasteiger partial charge >= 0.3 is 0 Å². The van der Waals surface area contributed by atoms with Crippen molar-refractivity contribution in [2.45, 2.75) is 6.42 Å². The maximum Gasteiger partial charge on any atom is 0.288 e. The lowest BCUT2D eigenvalue weighted by molar-refractivity contribution is 0.0766. The van der Waals surface area contributed by atoms with Crippen molar-refractivity contribution in [1.29, 1.82) is 0 Å². The average molecular weight is 444 g/mol. The number of aromatic nitrogens is 1. The highest BCUT2D eigenvalue weighted by Crippen LogP contribution is 2.34. The van der Waals surface area contributed by atoms with E-state index >= 15 is 0 Å². The number of hydrogen-bond donors (Lipinski definition) is 1. The highest BCUT2D eigenvalue weighted by Gasteiger charge is 2.43. The second kappa shape index (κ2) is 9.19. The Balaban J connectivity index is 1.23. The van der Waals surface area contributed by atoms with Gasteiger partial charge in [0.05, 0.1) is 0 Å². The summed E-state index contributed by atoms with van der Waals surface area (Å²) in [6, 6.07) is 19.6. The van der Waals surface area contributed by atoms with E-state index in [9.17, 15) is 9.59 Å². The van der Waals surface area contributed by atoms with Crippen molar-refractivity contribution in [3.05, 3.63) is 84.0 Å². The summed E-state index contributed by atoms with van der Waals surface area (Å²) >= 11 is 0. The van der Waals surface area contributed by atoms with E-state index in [-0.39, 0.29) is 17.2 Å². The topological polar surface area (TPSA) is 92.7 Å². The first-order chi connectivity index (χ1) is 16.1. The Morgan fingerprint density at radius 3 is 2.24 bits per heavy atom. The van der Waals surface area contributed by atoms with Crippen molar-refractivity contribution in [3.8, 4) is 11.3 Å². The normalized spacial score (nSPS) is 20.2. The van der Waals surface area contributed by atoms with Crippen LogP contribution in [-0.2, 0) is 0 Å². The van der Waals surface area contributed by atoms with Crippen LogP contribution in [0.5, 0.6) is 0 Å². The molecule has 0 bridgehead atoms. The van der Waals surface area contributed by atoms with Crippen molar-refractivity contribution in [2.75, 3.05) is 32.7 Å². The van der Waals surface area contributed by atoms with Gasteiger partial charge in [-0.25, -0.2) is 0 Å². The standard InChI is InChI=1S/C26H27N4O3/c27-25(31)24-22(23(28-33-24)19-11-5-2-6-12-19)26(32)30-16-20-14-29(15-21(20)17-30)13-7-10-18-8-3-1-4-9-18/h1-6,8-12,20-21H,7,13-17H2,(H2,27,31)/t20-,21?/m0/s1. The molecule has 2 amide bonds. The molecule has 2 fully saturated rings. The van der Waals surface area contributed by atoms with Crippen molar-refractivity contribution >= 4 is 11.8 Å². The van der Waals surface area contributed by atoms with Gasteiger partial charge < -0.3 is 20.1 Å². The van der Waals surface area contributed by atoms with Crippen LogP contribution in [0, 0.1) is 18.3 Å². The summed E-state index contributed by atoms with van der Waals surface area (Å²) in [5.41, 5.74) is 7.99. The lowest BCUT2D eigenvalue weighted by atomic mass is 10.0. The molecule has 2 aliphatic rings. The molecule has 33 heavy (non-hydrogen) atoms. The molecule has 2 aromatic carbocycles. The predicted octanol–water partition coefficient (Wildman–Crippen LogP) is 3.09. The fourth-order valence-electron chi connectivity index (χ4n) is 5.05. The van der Waals surface area contributed by atoms with E-state index in [1.807, 2.05) is 41.3 Å². The molecule has 1 unspecified atom stereocenters. The Hall–Kier alpha value is -3.45. The summed E-state index contributed by atoms with van der Waals surface area (Å²) in [6.07, 6.45) is 3.28. The maximum absolute atomic E-state index is 13.5. The summed E-state index contributed by atoms with van der Waals surface area (Å²) in [4.78, 5) is 29.7. The number of hydrogen-bond acceptors (Lipinski definition) is 5. The zero-order chi connectivity index (χ0) is 22.8. The van der Waals surface area contributed by atoms with Crippen LogP contribution >= 0.6 is 0 Å². The summed E-state index contributed by atoms with van der Waals surface area (Å²) < 4.78 is 5.20. The minimum atomic E-state index is -0.784. The van der Waals surface area contributed by atoms with Gasteiger partial charge in [-0.2, -0.15) is 0 Å². The van der Waals surface area contributed by atoms with Gasteiger partial charge in [0.15, 0.2) is 0 Å². The fourth-order valence-corrected chi connectivity index (χ4v) is 5.05. The van der Waals surface area contributed by atoms with Crippen molar-refractivity contribution < 1.29 is 14.1 Å². The molecular formula is C26H27N4O3. The van der Waals surface area contributed by atoms with Gasteiger partial charge in [-0.1, -0.05) is 65.8 Å². The summed E-state index contributed by atoms with van der Waals surface area (Å²) in [5, 5.41) is 4.01. The number of benzene rings is 2. The maximum atomic E-state index is 13.5. The van der Waals surface area contributed by atoms with Crippen LogP contribution in [0.2, 0.25) is 0 Å². The van der Waals surface area contributed by atoms with Crippen LogP contribution in [0.15, 0.2) is 65.2 Å². The lowest BCUT2D eigenvalue weighted by Crippen LogP contribution is -2.34. The molecule has 5 rings (SSSR count). The first-order valence-electron chi connectivity index (χ1n) is 11.3. The second-order valence-corrected chi connectivity index (χ2v) is 8.86. The SMILES string of the molecule is NC(=O)c1onc(-c2ccccc2)c1C(=O)N1CC2CN(CC[CH]c3ccccc3)C[C@H]2C1. The minimum absolute atomic E-state index is 0.169. The molecule has 3 heterocycles. The summed E-state index contributed by atoms with van der Waals surface area (Å²) in [7, 11) is 0. The molecule has 7 heteroatoms. The van der Waals surface area contributed by atoms with Crippen LogP contribution in [0.1, 0.15) is 32.9 Å². The van der Waals surface area contributed by atoms with Gasteiger partial charge in [0, 0.05) is 31.7 Å². The van der Waals surface area contributed by atoms with E-state index in [4.69, 9.17) is 10.3 Å². The van der Waals surface area contributed by atoms with Gasteiger partial charge in [-0.05, 0) is 36.8 Å². The molecule has 169 valence electrons. The Morgan fingerprint density at radius 2 is 1.61 bits per heavy atom. The largest absolute Gasteiger partial charge is 0.363 e. The smallest absolute Gasteiger partial charge is 0.288 e. The van der Waals surface area contributed by atoms with Gasteiger partial charge in [0.2, 0.25) is 5.76 Å². The third kappa shape index (κ3) is 4.41. The van der Waals surface area contributed by atoms with Crippen LogP contribution < -0.4 is 5.73 Å². The third-order valence-electron chi connectivity index (χ3n) is 6.65. The van der Waals surface area contributed by atoms with E-state index in [1.54, 1.807) is 0 Å². The Morgan fingerprint density at radius 1 is 0.970 bits per heavy atom. The third-order valence-corrected chi connectivity index (χ3v) is 6.65. The number of rotatable bonds is 7. The number of nitrogens with two attached hydrogens (primary N) is 1. The minimum Gasteiger partial charge on any atom is -0.363 e. The van der Waals surface area contributed by atoms with Gasteiger partial charge in [0.1, 0.15) is 11.3 Å². The monoisotopic (exact) mass is 443 g/mol. The fraction of sp³-hybridized carbons (Fsp3) is 0.308. The molecule has 2 atom stereocenters. The molecule has 2 saturated heterocycles. The first kappa shape index (κ1) is 21.4. The van der Waals surface area contributed by atoms with Gasteiger partial charge in [-0.15, -0.1) is 0 Å². The average Bonchev–Trinajstić information content (AvgIpc) is 3.53. The van der Waals surface area contributed by atoms with Crippen LogP contribution in [0.3, 0.4) is 0 Å². The van der Waals surface area contributed by atoms with Crippen LogP contribution in [-0.4, -0.2) is 59.5 Å². The molecule has 1 radical (unpaired) electrons. The van der Waals surface area contributed by atoms with E-state index in [0.29, 0.717) is 30.6 Å². The van der Waals surface area contributed by atoms with E-state index in [0.717, 1.165) is 31.6 Å². The Kier molecular flexibility index (Phi) is 5.96. The number of carbonyl (C=O) groups is 2. The number of carbonyl (C=O) groups excluding carboxylic acids is 2. The van der Waals surface area contributed by atoms with E-state index < -0.39 is 5.91 Å². The molecular weight excluding hydrogens is 416 g/mol. The Bertz CT molecular complexity index is 1110. The number of fused-ring (bicyclic) bond motifs is 1. The molecule has 0 spiro atoms.